The summed E-state index contributed by atoms with van der Waals surface area (Å²) < 4.78 is 5.37. The van der Waals surface area contributed by atoms with Crippen molar-refractivity contribution in [3.8, 4) is 0 Å². The van der Waals surface area contributed by atoms with Crippen LogP contribution in [0.15, 0.2) is 35.0 Å². The van der Waals surface area contributed by atoms with Gasteiger partial charge >= 0.3 is 0 Å². The number of hydrogen-bond acceptors (Lipinski definition) is 3. The second-order valence-electron chi connectivity index (χ2n) is 5.73. The van der Waals surface area contributed by atoms with Crippen LogP contribution in [0.4, 0.5) is 5.69 Å². The largest absolute Gasteiger partial charge is 0.361 e. The van der Waals surface area contributed by atoms with E-state index in [1.54, 1.807) is 0 Å². The minimum atomic E-state index is -0.193. The number of carbonyl (C=O) groups is 1. The first-order valence-electron chi connectivity index (χ1n) is 7.67. The van der Waals surface area contributed by atoms with Crippen LogP contribution in [-0.4, -0.2) is 16.0 Å². The Hall–Kier alpha value is -2.56. The summed E-state index contributed by atoms with van der Waals surface area (Å²) >= 11 is 0. The lowest BCUT2D eigenvalue weighted by Crippen LogP contribution is -2.14. The van der Waals surface area contributed by atoms with Gasteiger partial charge in [-0.2, -0.15) is 0 Å². The standard InChI is InChI=1S/C17H17N3O2/c21-17(16-13-4-2-1-3-5-15(13)22-20-16)19-12-6-7-14-11(10-12)8-9-18-14/h6-10,18H,1-5H2,(H,19,21). The maximum absolute atomic E-state index is 12.5. The predicted octanol–water partition coefficient (Wildman–Crippen LogP) is 3.68. The first-order chi connectivity index (χ1) is 10.8. The van der Waals surface area contributed by atoms with Crippen molar-refractivity contribution in [3.05, 3.63) is 47.5 Å². The minimum absolute atomic E-state index is 0.193. The van der Waals surface area contributed by atoms with Crippen molar-refractivity contribution >= 4 is 22.5 Å². The minimum Gasteiger partial charge on any atom is -0.361 e. The van der Waals surface area contributed by atoms with Gasteiger partial charge in [-0.05, 0) is 43.5 Å². The van der Waals surface area contributed by atoms with E-state index in [1.165, 1.54) is 6.42 Å². The molecule has 2 N–H and O–H groups in total. The zero-order valence-electron chi connectivity index (χ0n) is 12.2. The Labute approximate surface area is 127 Å². The number of rotatable bonds is 2. The number of anilines is 1. The van der Waals surface area contributed by atoms with Crippen LogP contribution in [0.25, 0.3) is 10.9 Å². The van der Waals surface area contributed by atoms with Crippen LogP contribution in [0.3, 0.4) is 0 Å². The van der Waals surface area contributed by atoms with E-state index in [1.807, 2.05) is 30.5 Å². The quantitative estimate of drug-likeness (QED) is 0.708. The molecule has 1 aliphatic carbocycles. The number of nitrogens with one attached hydrogen (secondary N) is 2. The van der Waals surface area contributed by atoms with Gasteiger partial charge in [-0.15, -0.1) is 0 Å². The molecule has 1 aliphatic rings. The van der Waals surface area contributed by atoms with Crippen molar-refractivity contribution in [3.63, 3.8) is 0 Å². The molecule has 4 rings (SSSR count). The molecule has 1 amide bonds. The molecular formula is C17H17N3O2. The Morgan fingerprint density at radius 2 is 2.09 bits per heavy atom. The number of aryl methyl sites for hydroxylation is 1. The van der Waals surface area contributed by atoms with E-state index in [2.05, 4.69) is 15.5 Å². The number of benzene rings is 1. The number of H-pyrrole nitrogens is 1. The van der Waals surface area contributed by atoms with Crippen LogP contribution in [-0.2, 0) is 12.8 Å². The number of nitrogens with zero attached hydrogens (tertiary/aromatic N) is 1. The van der Waals surface area contributed by atoms with Crippen LogP contribution < -0.4 is 5.32 Å². The van der Waals surface area contributed by atoms with E-state index >= 15 is 0 Å². The number of hydrogen-bond donors (Lipinski definition) is 2. The summed E-state index contributed by atoms with van der Waals surface area (Å²) in [6.45, 7) is 0. The van der Waals surface area contributed by atoms with Crippen molar-refractivity contribution in [2.45, 2.75) is 32.1 Å². The van der Waals surface area contributed by atoms with Crippen LogP contribution in [0.5, 0.6) is 0 Å². The number of aromatic nitrogens is 2. The van der Waals surface area contributed by atoms with Gasteiger partial charge in [-0.1, -0.05) is 11.6 Å². The topological polar surface area (TPSA) is 70.9 Å². The van der Waals surface area contributed by atoms with Crippen molar-refractivity contribution in [1.29, 1.82) is 0 Å². The van der Waals surface area contributed by atoms with Crippen molar-refractivity contribution in [2.75, 3.05) is 5.32 Å². The van der Waals surface area contributed by atoms with Crippen LogP contribution in [0.2, 0.25) is 0 Å². The third-order valence-corrected chi connectivity index (χ3v) is 4.23. The second-order valence-corrected chi connectivity index (χ2v) is 5.73. The Morgan fingerprint density at radius 3 is 3.05 bits per heavy atom. The molecular weight excluding hydrogens is 278 g/mol. The second kappa shape index (κ2) is 5.33. The van der Waals surface area contributed by atoms with Gasteiger partial charge in [0.05, 0.1) is 0 Å². The Bertz CT molecular complexity index is 831. The van der Waals surface area contributed by atoms with Gasteiger partial charge in [-0.25, -0.2) is 0 Å². The molecule has 0 radical (unpaired) electrons. The molecule has 3 aromatic rings. The van der Waals surface area contributed by atoms with Gasteiger partial charge in [0, 0.05) is 34.8 Å². The lowest BCUT2D eigenvalue weighted by atomic mass is 10.1. The smallest absolute Gasteiger partial charge is 0.278 e. The molecule has 112 valence electrons. The normalized spacial score (nSPS) is 14.5. The molecule has 2 aromatic heterocycles. The highest BCUT2D eigenvalue weighted by Gasteiger charge is 2.23. The van der Waals surface area contributed by atoms with Crippen molar-refractivity contribution < 1.29 is 9.32 Å². The summed E-state index contributed by atoms with van der Waals surface area (Å²) in [5.41, 5.74) is 3.24. The maximum Gasteiger partial charge on any atom is 0.278 e. The number of carbonyl (C=O) groups excluding carboxylic acids is 1. The average molecular weight is 295 g/mol. The molecule has 0 saturated carbocycles. The Morgan fingerprint density at radius 1 is 1.18 bits per heavy atom. The first kappa shape index (κ1) is 13.1. The van der Waals surface area contributed by atoms with Gasteiger partial charge in [0.15, 0.2) is 5.69 Å². The number of fused-ring (bicyclic) bond motifs is 2. The molecule has 0 bridgehead atoms. The third-order valence-electron chi connectivity index (χ3n) is 4.23. The fraction of sp³-hybridized carbons (Fsp3) is 0.294. The molecule has 22 heavy (non-hydrogen) atoms. The molecule has 0 fully saturated rings. The Balaban J connectivity index is 1.60. The first-order valence-corrected chi connectivity index (χ1v) is 7.67. The molecule has 0 atom stereocenters. The summed E-state index contributed by atoms with van der Waals surface area (Å²) in [5, 5.41) is 7.98. The van der Waals surface area contributed by atoms with E-state index in [-0.39, 0.29) is 5.91 Å². The summed E-state index contributed by atoms with van der Waals surface area (Å²) in [4.78, 5) is 15.6. The monoisotopic (exact) mass is 295 g/mol. The van der Waals surface area contributed by atoms with Crippen LogP contribution in [0.1, 0.15) is 41.1 Å². The molecule has 5 nitrogen and oxygen atoms in total. The fourth-order valence-electron chi connectivity index (χ4n) is 3.06. The Kier molecular flexibility index (Phi) is 3.18. The molecule has 0 unspecified atom stereocenters. The molecule has 0 aliphatic heterocycles. The molecule has 2 heterocycles. The SMILES string of the molecule is O=C(Nc1ccc2[nH]ccc2c1)c1noc2c1CCCCC2. The van der Waals surface area contributed by atoms with Crippen LogP contribution >= 0.6 is 0 Å². The molecule has 1 aromatic carbocycles. The summed E-state index contributed by atoms with van der Waals surface area (Å²) in [7, 11) is 0. The van der Waals surface area contributed by atoms with Gasteiger partial charge in [0.2, 0.25) is 0 Å². The molecule has 5 heteroatoms. The number of amides is 1. The summed E-state index contributed by atoms with van der Waals surface area (Å²) in [5.74, 6) is 0.686. The van der Waals surface area contributed by atoms with Crippen molar-refractivity contribution in [2.24, 2.45) is 0 Å². The van der Waals surface area contributed by atoms with Gasteiger partial charge in [0.1, 0.15) is 5.76 Å². The fourth-order valence-corrected chi connectivity index (χ4v) is 3.06. The number of aromatic amines is 1. The molecule has 0 spiro atoms. The highest BCUT2D eigenvalue weighted by Crippen LogP contribution is 2.25. The lowest BCUT2D eigenvalue weighted by molar-refractivity contribution is 0.101. The zero-order valence-corrected chi connectivity index (χ0v) is 12.2. The van der Waals surface area contributed by atoms with E-state index in [0.717, 1.165) is 53.6 Å². The van der Waals surface area contributed by atoms with Gasteiger partial charge in [-0.3, -0.25) is 4.79 Å². The zero-order chi connectivity index (χ0) is 14.9. The predicted molar refractivity (Wildman–Crippen MR) is 84.0 cm³/mol. The van der Waals surface area contributed by atoms with Crippen molar-refractivity contribution in [1.82, 2.24) is 10.1 Å². The van der Waals surface area contributed by atoms with Gasteiger partial charge in [0.25, 0.3) is 5.91 Å². The average Bonchev–Trinajstić information content (AvgIpc) is 3.08. The highest BCUT2D eigenvalue weighted by molar-refractivity contribution is 6.04. The lowest BCUT2D eigenvalue weighted by Gasteiger charge is -2.05. The maximum atomic E-state index is 12.5. The van der Waals surface area contributed by atoms with E-state index < -0.39 is 0 Å². The van der Waals surface area contributed by atoms with E-state index in [0.29, 0.717) is 5.69 Å². The summed E-state index contributed by atoms with van der Waals surface area (Å²) in [6, 6.07) is 7.76. The summed E-state index contributed by atoms with van der Waals surface area (Å²) in [6.07, 6.45) is 7.00. The highest BCUT2D eigenvalue weighted by atomic mass is 16.5. The van der Waals surface area contributed by atoms with Gasteiger partial charge < -0.3 is 14.8 Å². The third kappa shape index (κ3) is 2.28. The van der Waals surface area contributed by atoms with Crippen LogP contribution in [0, 0.1) is 0 Å². The van der Waals surface area contributed by atoms with E-state index in [4.69, 9.17) is 4.52 Å². The molecule has 0 saturated heterocycles. The van der Waals surface area contributed by atoms with E-state index in [9.17, 15) is 4.79 Å².